The van der Waals surface area contributed by atoms with Crippen LogP contribution in [0.2, 0.25) is 0 Å². The van der Waals surface area contributed by atoms with Crippen LogP contribution < -0.4 is 20.3 Å². The van der Waals surface area contributed by atoms with Crippen LogP contribution >= 0.6 is 0 Å². The summed E-state index contributed by atoms with van der Waals surface area (Å²) in [6.07, 6.45) is 6.85. The first-order valence-corrected chi connectivity index (χ1v) is 15.4. The number of ether oxygens (including phenoxy) is 1. The number of nitrogens with zero attached hydrogens (tertiary/aromatic N) is 3. The zero-order valence-corrected chi connectivity index (χ0v) is 26.6. The minimum Gasteiger partial charge on any atom is -0.497 e. The van der Waals surface area contributed by atoms with E-state index in [0.29, 0.717) is 36.3 Å². The summed E-state index contributed by atoms with van der Waals surface area (Å²) in [6, 6.07) is 14.8. The van der Waals surface area contributed by atoms with Crippen LogP contribution in [0.3, 0.4) is 0 Å². The van der Waals surface area contributed by atoms with Gasteiger partial charge in [-0.25, -0.2) is 0 Å². The standard InChI is InChI=1S/C35H47N5O3/c1-7-37-34(41)28-20-25(3)33(26(4)21-28)35(42)38-17-13-27(5)39-18-14-31(15-19-39)40(23-29-22-36-16-12-24(29)2)30-8-10-32(43-6)11-9-30/h8-12,16,20-22,27,31H,7,13-15,17-19,23H2,1-6H3,(H,37,41)(H,38,42)/t27-/m1/s1. The van der Waals surface area contributed by atoms with Gasteiger partial charge in [0.25, 0.3) is 11.8 Å². The van der Waals surface area contributed by atoms with Gasteiger partial charge in [-0.05, 0) is 119 Å². The molecule has 1 aromatic heterocycles. The summed E-state index contributed by atoms with van der Waals surface area (Å²) in [5, 5.41) is 5.95. The number of aromatic nitrogens is 1. The highest BCUT2D eigenvalue weighted by Gasteiger charge is 2.28. The zero-order chi connectivity index (χ0) is 30.9. The lowest BCUT2D eigenvalue weighted by Crippen LogP contribution is -2.48. The molecule has 2 heterocycles. The van der Waals surface area contributed by atoms with E-state index in [4.69, 9.17) is 4.74 Å². The first-order chi connectivity index (χ1) is 20.7. The van der Waals surface area contributed by atoms with Crippen molar-refractivity contribution in [2.75, 3.05) is 38.2 Å². The molecular weight excluding hydrogens is 538 g/mol. The third-order valence-electron chi connectivity index (χ3n) is 8.66. The van der Waals surface area contributed by atoms with E-state index >= 15 is 0 Å². The number of pyridine rings is 1. The summed E-state index contributed by atoms with van der Waals surface area (Å²) in [7, 11) is 1.70. The molecule has 1 atom stereocenters. The molecule has 2 N–H and O–H groups in total. The van der Waals surface area contributed by atoms with Crippen LogP contribution in [0.5, 0.6) is 5.75 Å². The molecule has 0 bridgehead atoms. The second-order valence-electron chi connectivity index (χ2n) is 11.6. The van der Waals surface area contributed by atoms with Gasteiger partial charge in [-0.3, -0.25) is 14.6 Å². The quantitative estimate of drug-likeness (QED) is 0.294. The van der Waals surface area contributed by atoms with Crippen molar-refractivity contribution in [2.45, 2.75) is 72.5 Å². The van der Waals surface area contributed by atoms with Crippen LogP contribution in [0, 0.1) is 20.8 Å². The topological polar surface area (TPSA) is 86.8 Å². The molecule has 8 nitrogen and oxygen atoms in total. The number of nitrogens with one attached hydrogen (secondary N) is 2. The molecule has 43 heavy (non-hydrogen) atoms. The molecule has 2 amide bonds. The smallest absolute Gasteiger partial charge is 0.251 e. The summed E-state index contributed by atoms with van der Waals surface area (Å²) >= 11 is 0. The molecule has 2 aromatic carbocycles. The number of carbonyl (C=O) groups is 2. The van der Waals surface area contributed by atoms with E-state index in [0.717, 1.165) is 55.8 Å². The van der Waals surface area contributed by atoms with Gasteiger partial charge in [0, 0.05) is 74.0 Å². The molecule has 3 aromatic rings. The van der Waals surface area contributed by atoms with Crippen molar-refractivity contribution in [3.05, 3.63) is 88.2 Å². The average molecular weight is 586 g/mol. The van der Waals surface area contributed by atoms with E-state index < -0.39 is 0 Å². The summed E-state index contributed by atoms with van der Waals surface area (Å²) in [6.45, 7) is 14.1. The van der Waals surface area contributed by atoms with E-state index in [1.165, 1.54) is 16.8 Å². The van der Waals surface area contributed by atoms with E-state index in [9.17, 15) is 9.59 Å². The van der Waals surface area contributed by atoms with Gasteiger partial charge in [0.1, 0.15) is 5.75 Å². The summed E-state index contributed by atoms with van der Waals surface area (Å²) in [5.41, 5.74) is 6.58. The predicted molar refractivity (Wildman–Crippen MR) is 173 cm³/mol. The molecule has 1 saturated heterocycles. The lowest BCUT2D eigenvalue weighted by Gasteiger charge is -2.42. The first-order valence-electron chi connectivity index (χ1n) is 15.4. The highest BCUT2D eigenvalue weighted by molar-refractivity contribution is 6.00. The fraction of sp³-hybridized carbons (Fsp3) is 0.457. The molecule has 230 valence electrons. The largest absolute Gasteiger partial charge is 0.497 e. The highest BCUT2D eigenvalue weighted by Crippen LogP contribution is 2.29. The highest BCUT2D eigenvalue weighted by atomic mass is 16.5. The molecule has 4 rings (SSSR count). The Hall–Kier alpha value is -3.91. The molecule has 8 heteroatoms. The molecular formula is C35H47N5O3. The maximum Gasteiger partial charge on any atom is 0.251 e. The van der Waals surface area contributed by atoms with Gasteiger partial charge in [-0.15, -0.1) is 0 Å². The number of anilines is 1. The van der Waals surface area contributed by atoms with Crippen molar-refractivity contribution in [3.8, 4) is 5.75 Å². The van der Waals surface area contributed by atoms with Crippen molar-refractivity contribution in [1.29, 1.82) is 0 Å². The Balaban J connectivity index is 1.33. The SMILES string of the molecule is CCNC(=O)c1cc(C)c(C(=O)NCC[C@@H](C)N2CCC(N(Cc3cnccc3C)c3ccc(OC)cc3)CC2)c(C)c1. The number of hydrogen-bond donors (Lipinski definition) is 2. The van der Waals surface area contributed by atoms with Gasteiger partial charge in [-0.2, -0.15) is 0 Å². The molecule has 0 saturated carbocycles. The Kier molecular flexibility index (Phi) is 11.2. The monoisotopic (exact) mass is 585 g/mol. The molecule has 0 unspecified atom stereocenters. The lowest BCUT2D eigenvalue weighted by atomic mass is 9.98. The van der Waals surface area contributed by atoms with Gasteiger partial charge in [0.2, 0.25) is 0 Å². The van der Waals surface area contributed by atoms with Gasteiger partial charge in [-0.1, -0.05) is 0 Å². The molecule has 1 fully saturated rings. The maximum absolute atomic E-state index is 13.1. The van der Waals surface area contributed by atoms with Gasteiger partial charge in [0.05, 0.1) is 7.11 Å². The number of rotatable bonds is 12. The van der Waals surface area contributed by atoms with Gasteiger partial charge in [0.15, 0.2) is 0 Å². The fourth-order valence-electron chi connectivity index (χ4n) is 6.07. The van der Waals surface area contributed by atoms with E-state index in [1.54, 1.807) is 19.2 Å². The van der Waals surface area contributed by atoms with E-state index in [2.05, 4.69) is 57.5 Å². The molecule has 1 aliphatic heterocycles. The minimum atomic E-state index is -0.113. The van der Waals surface area contributed by atoms with Gasteiger partial charge < -0.3 is 25.2 Å². The van der Waals surface area contributed by atoms with Crippen molar-refractivity contribution in [2.24, 2.45) is 0 Å². The maximum atomic E-state index is 13.1. The minimum absolute atomic E-state index is 0.0795. The number of aryl methyl sites for hydroxylation is 3. The Morgan fingerprint density at radius 2 is 1.67 bits per heavy atom. The molecule has 0 spiro atoms. The van der Waals surface area contributed by atoms with E-state index in [-0.39, 0.29) is 11.8 Å². The summed E-state index contributed by atoms with van der Waals surface area (Å²) in [5.74, 6) is 0.667. The van der Waals surface area contributed by atoms with E-state index in [1.807, 2.05) is 45.3 Å². The number of carbonyl (C=O) groups excluding carboxylic acids is 2. The third-order valence-corrected chi connectivity index (χ3v) is 8.66. The third kappa shape index (κ3) is 8.14. The van der Waals surface area contributed by atoms with Crippen LogP contribution in [0.1, 0.15) is 76.1 Å². The lowest BCUT2D eigenvalue weighted by molar-refractivity contribution is 0.0936. The average Bonchev–Trinajstić information content (AvgIpc) is 3.00. The van der Waals surface area contributed by atoms with Crippen LogP contribution in [0.15, 0.2) is 54.9 Å². The predicted octanol–water partition coefficient (Wildman–Crippen LogP) is 5.44. The fourth-order valence-corrected chi connectivity index (χ4v) is 6.07. The van der Waals surface area contributed by atoms with Crippen molar-refractivity contribution in [3.63, 3.8) is 0 Å². The van der Waals surface area contributed by atoms with Crippen molar-refractivity contribution >= 4 is 17.5 Å². The van der Waals surface area contributed by atoms with Crippen molar-refractivity contribution in [1.82, 2.24) is 20.5 Å². The molecule has 0 aliphatic carbocycles. The Morgan fingerprint density at radius 3 is 2.28 bits per heavy atom. The Morgan fingerprint density at radius 1 is 1.00 bits per heavy atom. The normalized spacial score (nSPS) is 14.7. The molecule has 0 radical (unpaired) electrons. The van der Waals surface area contributed by atoms with Crippen molar-refractivity contribution < 1.29 is 14.3 Å². The molecule has 1 aliphatic rings. The van der Waals surface area contributed by atoms with Crippen LogP contribution in [-0.2, 0) is 6.54 Å². The number of hydrogen-bond acceptors (Lipinski definition) is 6. The Bertz CT molecular complexity index is 1360. The second-order valence-corrected chi connectivity index (χ2v) is 11.6. The van der Waals surface area contributed by atoms with Crippen LogP contribution in [0.25, 0.3) is 0 Å². The van der Waals surface area contributed by atoms with Gasteiger partial charge >= 0.3 is 0 Å². The number of amides is 2. The zero-order valence-electron chi connectivity index (χ0n) is 26.6. The second kappa shape index (κ2) is 15.0. The van der Waals surface area contributed by atoms with Crippen LogP contribution in [0.4, 0.5) is 5.69 Å². The number of piperidine rings is 1. The number of methoxy groups -OCH3 is 1. The number of benzene rings is 2. The number of likely N-dealkylation sites (tertiary alicyclic amines) is 1. The summed E-state index contributed by atoms with van der Waals surface area (Å²) in [4.78, 5) is 34.8. The Labute approximate surface area is 256 Å². The van der Waals surface area contributed by atoms with Crippen LogP contribution in [-0.4, -0.2) is 67.1 Å². The first kappa shape index (κ1) is 32.0. The summed E-state index contributed by atoms with van der Waals surface area (Å²) < 4.78 is 5.40.